The van der Waals surface area contributed by atoms with E-state index >= 15 is 0 Å². The van der Waals surface area contributed by atoms with Crippen LogP contribution in [-0.2, 0) is 4.79 Å². The summed E-state index contributed by atoms with van der Waals surface area (Å²) in [6.07, 6.45) is 0. The molecule has 1 aliphatic heterocycles. The zero-order valence-corrected chi connectivity index (χ0v) is 14.3. The van der Waals surface area contributed by atoms with E-state index in [4.69, 9.17) is 0 Å². The van der Waals surface area contributed by atoms with Crippen molar-refractivity contribution in [3.63, 3.8) is 0 Å². The van der Waals surface area contributed by atoms with Gasteiger partial charge in [0.05, 0.1) is 0 Å². The second-order valence-corrected chi connectivity index (χ2v) is 6.32. The summed E-state index contributed by atoms with van der Waals surface area (Å²) in [4.78, 5) is 29.1. The molecule has 0 spiro atoms. The number of nitrogens with zero attached hydrogens (tertiary/aromatic N) is 2. The summed E-state index contributed by atoms with van der Waals surface area (Å²) in [7, 11) is 0. The number of para-hydroxylation sites is 1. The monoisotopic (exact) mass is 322 g/mol. The number of aryl methyl sites for hydroxylation is 2. The van der Waals surface area contributed by atoms with Gasteiger partial charge in [-0.15, -0.1) is 0 Å². The maximum Gasteiger partial charge on any atom is 0.254 e. The Morgan fingerprint density at radius 3 is 2.50 bits per heavy atom. The maximum absolute atomic E-state index is 12.8. The molecule has 1 unspecified atom stereocenters. The van der Waals surface area contributed by atoms with Gasteiger partial charge in [-0.1, -0.05) is 35.9 Å². The van der Waals surface area contributed by atoms with Gasteiger partial charge in [0.25, 0.3) is 5.91 Å². The van der Waals surface area contributed by atoms with E-state index in [1.165, 1.54) is 0 Å². The number of benzene rings is 2. The third-order valence-corrected chi connectivity index (χ3v) is 4.59. The average molecular weight is 322 g/mol. The van der Waals surface area contributed by atoms with Crippen molar-refractivity contribution in [2.24, 2.45) is 0 Å². The molecule has 3 rings (SSSR count). The van der Waals surface area contributed by atoms with Crippen LogP contribution >= 0.6 is 0 Å². The molecule has 1 saturated heterocycles. The fraction of sp³-hybridized carbons (Fsp3) is 0.300. The van der Waals surface area contributed by atoms with Crippen LogP contribution in [0.2, 0.25) is 0 Å². The Labute approximate surface area is 142 Å². The number of amides is 2. The minimum atomic E-state index is -0.466. The molecule has 1 fully saturated rings. The van der Waals surface area contributed by atoms with Crippen LogP contribution < -0.4 is 4.90 Å². The van der Waals surface area contributed by atoms with Gasteiger partial charge in [0.15, 0.2) is 0 Å². The number of carbonyl (C=O) groups is 2. The Morgan fingerprint density at radius 1 is 1.04 bits per heavy atom. The summed E-state index contributed by atoms with van der Waals surface area (Å²) in [6.45, 7) is 6.82. The Bertz CT molecular complexity index is 785. The fourth-order valence-corrected chi connectivity index (χ4v) is 3.20. The summed E-state index contributed by atoms with van der Waals surface area (Å²) in [6, 6.07) is 14.9. The SMILES string of the molecule is Cc1cccc(C(=O)N2CCN(c3ccccc3C)C(=O)C2C)c1. The van der Waals surface area contributed by atoms with Gasteiger partial charge in [0.1, 0.15) is 6.04 Å². The molecular weight excluding hydrogens is 300 g/mol. The minimum Gasteiger partial charge on any atom is -0.325 e. The lowest BCUT2D eigenvalue weighted by Gasteiger charge is -2.39. The maximum atomic E-state index is 12.8. The summed E-state index contributed by atoms with van der Waals surface area (Å²) < 4.78 is 0. The Kier molecular flexibility index (Phi) is 4.38. The molecule has 0 saturated carbocycles. The fourth-order valence-electron chi connectivity index (χ4n) is 3.20. The Balaban J connectivity index is 1.83. The normalized spacial score (nSPS) is 18.0. The molecule has 0 aromatic heterocycles. The highest BCUT2D eigenvalue weighted by atomic mass is 16.2. The van der Waals surface area contributed by atoms with Crippen LogP contribution in [0.5, 0.6) is 0 Å². The molecule has 124 valence electrons. The lowest BCUT2D eigenvalue weighted by molar-refractivity contribution is -0.124. The third-order valence-electron chi connectivity index (χ3n) is 4.59. The van der Waals surface area contributed by atoms with Gasteiger partial charge >= 0.3 is 0 Å². The molecular formula is C20H22N2O2. The molecule has 0 radical (unpaired) electrons. The largest absolute Gasteiger partial charge is 0.325 e. The first-order valence-electron chi connectivity index (χ1n) is 8.23. The first-order chi connectivity index (χ1) is 11.5. The molecule has 1 heterocycles. The van der Waals surface area contributed by atoms with Crippen LogP contribution in [0.3, 0.4) is 0 Å². The Morgan fingerprint density at radius 2 is 1.79 bits per heavy atom. The smallest absolute Gasteiger partial charge is 0.254 e. The quantitative estimate of drug-likeness (QED) is 0.852. The summed E-state index contributed by atoms with van der Waals surface area (Å²) >= 11 is 0. The highest BCUT2D eigenvalue weighted by Gasteiger charge is 2.35. The van der Waals surface area contributed by atoms with Crippen molar-refractivity contribution in [2.75, 3.05) is 18.0 Å². The van der Waals surface area contributed by atoms with Crippen molar-refractivity contribution in [2.45, 2.75) is 26.8 Å². The van der Waals surface area contributed by atoms with E-state index in [1.807, 2.05) is 56.3 Å². The summed E-state index contributed by atoms with van der Waals surface area (Å²) in [5.74, 6) is -0.111. The minimum absolute atomic E-state index is 0.0310. The number of hydrogen-bond acceptors (Lipinski definition) is 2. The van der Waals surface area contributed by atoms with E-state index in [1.54, 1.807) is 22.8 Å². The van der Waals surface area contributed by atoms with E-state index < -0.39 is 6.04 Å². The molecule has 0 N–H and O–H groups in total. The summed E-state index contributed by atoms with van der Waals surface area (Å²) in [5.41, 5.74) is 3.67. The highest BCUT2D eigenvalue weighted by Crippen LogP contribution is 2.24. The molecule has 24 heavy (non-hydrogen) atoms. The van der Waals surface area contributed by atoms with Crippen molar-refractivity contribution in [1.82, 2.24) is 4.90 Å². The van der Waals surface area contributed by atoms with Crippen LogP contribution in [0.4, 0.5) is 5.69 Å². The molecule has 4 nitrogen and oxygen atoms in total. The number of piperazine rings is 1. The second-order valence-electron chi connectivity index (χ2n) is 6.32. The van der Waals surface area contributed by atoms with Crippen LogP contribution in [0.1, 0.15) is 28.4 Å². The Hall–Kier alpha value is -2.62. The van der Waals surface area contributed by atoms with Crippen molar-refractivity contribution in [1.29, 1.82) is 0 Å². The van der Waals surface area contributed by atoms with Crippen LogP contribution in [0.15, 0.2) is 48.5 Å². The van der Waals surface area contributed by atoms with Gasteiger partial charge in [0, 0.05) is 24.3 Å². The number of rotatable bonds is 2. The van der Waals surface area contributed by atoms with Crippen molar-refractivity contribution in [3.05, 3.63) is 65.2 Å². The zero-order valence-electron chi connectivity index (χ0n) is 14.3. The van der Waals surface area contributed by atoms with Gasteiger partial charge in [-0.05, 0) is 44.5 Å². The van der Waals surface area contributed by atoms with Gasteiger partial charge in [-0.3, -0.25) is 9.59 Å². The number of carbonyl (C=O) groups excluding carboxylic acids is 2. The first-order valence-corrected chi connectivity index (χ1v) is 8.23. The van der Waals surface area contributed by atoms with E-state index in [9.17, 15) is 9.59 Å². The first kappa shape index (κ1) is 16.2. The molecule has 2 aromatic rings. The predicted octanol–water partition coefficient (Wildman–Crippen LogP) is 3.18. The predicted molar refractivity (Wildman–Crippen MR) is 95.2 cm³/mol. The van der Waals surface area contributed by atoms with Gasteiger partial charge in [-0.25, -0.2) is 0 Å². The van der Waals surface area contributed by atoms with Gasteiger partial charge in [-0.2, -0.15) is 0 Å². The van der Waals surface area contributed by atoms with Crippen LogP contribution in [0, 0.1) is 13.8 Å². The molecule has 2 amide bonds. The molecule has 4 heteroatoms. The lowest BCUT2D eigenvalue weighted by atomic mass is 10.1. The summed E-state index contributed by atoms with van der Waals surface area (Å²) in [5, 5.41) is 0. The van der Waals surface area contributed by atoms with Crippen molar-refractivity contribution >= 4 is 17.5 Å². The van der Waals surface area contributed by atoms with Crippen molar-refractivity contribution < 1.29 is 9.59 Å². The lowest BCUT2D eigenvalue weighted by Crippen LogP contribution is -2.57. The van der Waals surface area contributed by atoms with Gasteiger partial charge < -0.3 is 9.80 Å². The van der Waals surface area contributed by atoms with E-state index in [-0.39, 0.29) is 11.8 Å². The molecule has 1 atom stereocenters. The van der Waals surface area contributed by atoms with E-state index in [2.05, 4.69) is 0 Å². The molecule has 0 aliphatic carbocycles. The van der Waals surface area contributed by atoms with Crippen LogP contribution in [-0.4, -0.2) is 35.8 Å². The molecule has 2 aromatic carbocycles. The standard InChI is InChI=1S/C20H22N2O2/c1-14-7-6-9-17(13-14)20(24)21-11-12-22(19(23)16(21)3)18-10-5-4-8-15(18)2/h4-10,13,16H,11-12H2,1-3H3. The zero-order chi connectivity index (χ0) is 17.3. The second kappa shape index (κ2) is 6.48. The van der Waals surface area contributed by atoms with E-state index in [0.717, 1.165) is 16.8 Å². The van der Waals surface area contributed by atoms with Gasteiger partial charge in [0.2, 0.25) is 5.91 Å². The van der Waals surface area contributed by atoms with E-state index in [0.29, 0.717) is 18.7 Å². The number of hydrogen-bond donors (Lipinski definition) is 0. The number of anilines is 1. The third kappa shape index (κ3) is 2.92. The molecule has 1 aliphatic rings. The van der Waals surface area contributed by atoms with Crippen LogP contribution in [0.25, 0.3) is 0 Å². The van der Waals surface area contributed by atoms with Crippen molar-refractivity contribution in [3.8, 4) is 0 Å². The highest BCUT2D eigenvalue weighted by molar-refractivity contribution is 6.03. The molecule has 0 bridgehead atoms. The average Bonchev–Trinajstić information content (AvgIpc) is 2.57. The topological polar surface area (TPSA) is 40.6 Å².